The molecule has 6 nitrogen and oxygen atoms in total. The molecular formula is C18H25NO5. The van der Waals surface area contributed by atoms with E-state index in [-0.39, 0.29) is 11.9 Å². The van der Waals surface area contributed by atoms with Crippen LogP contribution in [0.15, 0.2) is 18.2 Å². The summed E-state index contributed by atoms with van der Waals surface area (Å²) in [6, 6.07) is 4.80. The molecule has 24 heavy (non-hydrogen) atoms. The average molecular weight is 335 g/mol. The first-order valence-electron chi connectivity index (χ1n) is 8.43. The molecule has 2 unspecified atom stereocenters. The molecule has 1 aromatic carbocycles. The van der Waals surface area contributed by atoms with E-state index >= 15 is 0 Å². The Hall–Kier alpha value is -2.24. The maximum absolute atomic E-state index is 12.7. The highest BCUT2D eigenvalue weighted by molar-refractivity contribution is 5.95. The number of amides is 1. The number of carboxylic acids is 1. The molecule has 1 aliphatic heterocycles. The Labute approximate surface area is 142 Å². The van der Waals surface area contributed by atoms with Crippen LogP contribution in [0.1, 0.15) is 44.0 Å². The lowest BCUT2D eigenvalue weighted by Gasteiger charge is -2.24. The molecule has 132 valence electrons. The molecule has 1 amide bonds. The van der Waals surface area contributed by atoms with Crippen LogP contribution in [-0.4, -0.2) is 47.7 Å². The molecule has 1 aromatic rings. The van der Waals surface area contributed by atoms with E-state index < -0.39 is 11.9 Å². The number of rotatable bonds is 7. The van der Waals surface area contributed by atoms with Crippen LogP contribution in [-0.2, 0) is 4.79 Å². The van der Waals surface area contributed by atoms with Crippen LogP contribution in [0.3, 0.4) is 0 Å². The van der Waals surface area contributed by atoms with Gasteiger partial charge in [0.05, 0.1) is 19.1 Å². The molecule has 1 saturated heterocycles. The maximum Gasteiger partial charge on any atom is 0.308 e. The molecule has 2 atom stereocenters. The summed E-state index contributed by atoms with van der Waals surface area (Å²) >= 11 is 0. The number of hydrogen-bond donors (Lipinski definition) is 1. The van der Waals surface area contributed by atoms with Gasteiger partial charge < -0.3 is 19.5 Å². The fraction of sp³-hybridized carbons (Fsp3) is 0.556. The minimum absolute atomic E-state index is 0.172. The zero-order valence-electron chi connectivity index (χ0n) is 14.4. The number of carbonyl (C=O) groups excluding carboxylic acids is 1. The van der Waals surface area contributed by atoms with E-state index in [0.29, 0.717) is 43.2 Å². The molecule has 1 aliphatic rings. The van der Waals surface area contributed by atoms with Crippen LogP contribution in [0, 0.1) is 5.92 Å². The van der Waals surface area contributed by atoms with E-state index in [0.717, 1.165) is 6.42 Å². The molecule has 0 bridgehead atoms. The predicted octanol–water partition coefficient (Wildman–Crippen LogP) is 2.81. The summed E-state index contributed by atoms with van der Waals surface area (Å²) < 4.78 is 11.2. The number of likely N-dealkylation sites (tertiary alicyclic amines) is 1. The first-order valence-corrected chi connectivity index (χ1v) is 8.43. The Morgan fingerprint density at radius 2 is 2.00 bits per heavy atom. The highest BCUT2D eigenvalue weighted by Crippen LogP contribution is 2.31. The summed E-state index contributed by atoms with van der Waals surface area (Å²) in [4.78, 5) is 25.6. The lowest BCUT2D eigenvalue weighted by atomic mass is 10.0. The highest BCUT2D eigenvalue weighted by Gasteiger charge is 2.38. The minimum Gasteiger partial charge on any atom is -0.490 e. The number of hydrogen-bond acceptors (Lipinski definition) is 4. The SMILES string of the molecule is CCCOc1ccc(C(=O)N2CCC(C(=O)O)C2C)cc1OCC. The highest BCUT2D eigenvalue weighted by atomic mass is 16.5. The van der Waals surface area contributed by atoms with Crippen LogP contribution in [0.4, 0.5) is 0 Å². The van der Waals surface area contributed by atoms with Gasteiger partial charge in [0.15, 0.2) is 11.5 Å². The summed E-state index contributed by atoms with van der Waals surface area (Å²) in [5.74, 6) is -0.371. The normalized spacial score (nSPS) is 20.0. The summed E-state index contributed by atoms with van der Waals surface area (Å²) in [6.07, 6.45) is 1.37. The van der Waals surface area contributed by atoms with E-state index in [1.54, 1.807) is 30.0 Å². The second-order valence-electron chi connectivity index (χ2n) is 5.92. The third kappa shape index (κ3) is 3.80. The van der Waals surface area contributed by atoms with Gasteiger partial charge in [0.1, 0.15) is 0 Å². The van der Waals surface area contributed by atoms with Crippen LogP contribution in [0.5, 0.6) is 11.5 Å². The van der Waals surface area contributed by atoms with Crippen LogP contribution < -0.4 is 9.47 Å². The molecule has 0 aliphatic carbocycles. The smallest absolute Gasteiger partial charge is 0.308 e. The van der Waals surface area contributed by atoms with Gasteiger partial charge in [-0.15, -0.1) is 0 Å². The van der Waals surface area contributed by atoms with Gasteiger partial charge in [-0.05, 0) is 44.9 Å². The predicted molar refractivity (Wildman–Crippen MR) is 89.6 cm³/mol. The fourth-order valence-corrected chi connectivity index (χ4v) is 2.96. The van der Waals surface area contributed by atoms with Crippen molar-refractivity contribution in [3.63, 3.8) is 0 Å². The Bertz CT molecular complexity index is 601. The van der Waals surface area contributed by atoms with Crippen molar-refractivity contribution in [2.75, 3.05) is 19.8 Å². The quantitative estimate of drug-likeness (QED) is 0.829. The Morgan fingerprint density at radius 1 is 1.25 bits per heavy atom. The lowest BCUT2D eigenvalue weighted by Crippen LogP contribution is -2.37. The number of carboxylic acid groups (broad SMARTS) is 1. The van der Waals surface area contributed by atoms with Crippen molar-refractivity contribution in [3.05, 3.63) is 23.8 Å². The van der Waals surface area contributed by atoms with Crippen molar-refractivity contribution in [2.45, 2.75) is 39.7 Å². The largest absolute Gasteiger partial charge is 0.490 e. The Morgan fingerprint density at radius 3 is 2.58 bits per heavy atom. The maximum atomic E-state index is 12.7. The van der Waals surface area contributed by atoms with Crippen molar-refractivity contribution in [3.8, 4) is 11.5 Å². The van der Waals surface area contributed by atoms with Crippen molar-refractivity contribution < 1.29 is 24.2 Å². The van der Waals surface area contributed by atoms with Crippen molar-refractivity contribution in [1.29, 1.82) is 0 Å². The number of aliphatic carboxylic acids is 1. The van der Waals surface area contributed by atoms with E-state index in [9.17, 15) is 14.7 Å². The molecular weight excluding hydrogens is 310 g/mol. The van der Waals surface area contributed by atoms with Gasteiger partial charge in [0.25, 0.3) is 5.91 Å². The first-order chi connectivity index (χ1) is 11.5. The first kappa shape index (κ1) is 18.1. The van der Waals surface area contributed by atoms with Gasteiger partial charge in [-0.3, -0.25) is 9.59 Å². The fourth-order valence-electron chi connectivity index (χ4n) is 2.96. The average Bonchev–Trinajstić information content (AvgIpc) is 2.95. The van der Waals surface area contributed by atoms with Crippen LogP contribution in [0.25, 0.3) is 0 Å². The van der Waals surface area contributed by atoms with E-state index in [4.69, 9.17) is 9.47 Å². The summed E-state index contributed by atoms with van der Waals surface area (Å²) in [5.41, 5.74) is 0.486. The molecule has 0 radical (unpaired) electrons. The summed E-state index contributed by atoms with van der Waals surface area (Å²) in [5, 5.41) is 9.21. The minimum atomic E-state index is -0.851. The molecule has 0 aromatic heterocycles. The molecule has 2 rings (SSSR count). The second kappa shape index (κ2) is 8.04. The zero-order chi connectivity index (χ0) is 17.7. The number of nitrogens with zero attached hydrogens (tertiary/aromatic N) is 1. The van der Waals surface area contributed by atoms with Gasteiger partial charge in [0.2, 0.25) is 0 Å². The second-order valence-corrected chi connectivity index (χ2v) is 5.92. The van der Waals surface area contributed by atoms with Crippen LogP contribution >= 0.6 is 0 Å². The monoisotopic (exact) mass is 335 g/mol. The van der Waals surface area contributed by atoms with Crippen molar-refractivity contribution >= 4 is 11.9 Å². The molecule has 6 heteroatoms. The summed E-state index contributed by atoms with van der Waals surface area (Å²) in [6.45, 7) is 7.18. The van der Waals surface area contributed by atoms with Crippen molar-refractivity contribution in [1.82, 2.24) is 4.90 Å². The van der Waals surface area contributed by atoms with E-state index in [2.05, 4.69) is 0 Å². The molecule has 0 saturated carbocycles. The third-order valence-electron chi connectivity index (χ3n) is 4.29. The number of benzene rings is 1. The van der Waals surface area contributed by atoms with Gasteiger partial charge >= 0.3 is 5.97 Å². The number of ether oxygens (including phenoxy) is 2. The standard InChI is InChI=1S/C18H25NO5/c1-4-10-24-15-7-6-13(11-16(15)23-5-2)17(20)19-9-8-14(12(19)3)18(21)22/h6-7,11-12,14H,4-5,8-10H2,1-3H3,(H,21,22). The van der Waals surface area contributed by atoms with Gasteiger partial charge in [-0.1, -0.05) is 6.92 Å². The van der Waals surface area contributed by atoms with Crippen molar-refractivity contribution in [2.24, 2.45) is 5.92 Å². The summed E-state index contributed by atoms with van der Waals surface area (Å²) in [7, 11) is 0. The zero-order valence-corrected chi connectivity index (χ0v) is 14.4. The molecule has 1 heterocycles. The lowest BCUT2D eigenvalue weighted by molar-refractivity contribution is -0.142. The van der Waals surface area contributed by atoms with E-state index in [1.165, 1.54) is 0 Å². The van der Waals surface area contributed by atoms with Gasteiger partial charge in [-0.25, -0.2) is 0 Å². The Balaban J connectivity index is 2.20. The van der Waals surface area contributed by atoms with E-state index in [1.807, 2.05) is 13.8 Å². The topological polar surface area (TPSA) is 76.1 Å². The molecule has 0 spiro atoms. The molecule has 1 fully saturated rings. The van der Waals surface area contributed by atoms with Gasteiger partial charge in [0, 0.05) is 18.2 Å². The Kier molecular flexibility index (Phi) is 6.06. The third-order valence-corrected chi connectivity index (χ3v) is 4.29. The van der Waals surface area contributed by atoms with Gasteiger partial charge in [-0.2, -0.15) is 0 Å². The number of carbonyl (C=O) groups is 2. The van der Waals surface area contributed by atoms with Crippen LogP contribution in [0.2, 0.25) is 0 Å². The molecule has 1 N–H and O–H groups in total.